The van der Waals surface area contributed by atoms with Crippen molar-refractivity contribution in [3.8, 4) is 11.5 Å². The van der Waals surface area contributed by atoms with Crippen molar-refractivity contribution in [3.63, 3.8) is 0 Å². The minimum Gasteiger partial charge on any atom is -0.490 e. The van der Waals surface area contributed by atoms with Crippen LogP contribution in [0.15, 0.2) is 35.3 Å². The van der Waals surface area contributed by atoms with Crippen LogP contribution in [0, 0.1) is 0 Å². The van der Waals surface area contributed by atoms with Gasteiger partial charge in [-0.05, 0) is 44.9 Å². The maximum atomic E-state index is 5.78. The molecule has 0 aromatic heterocycles. The highest BCUT2D eigenvalue weighted by Gasteiger charge is 2.06. The van der Waals surface area contributed by atoms with E-state index in [4.69, 9.17) is 15.2 Å². The molecule has 0 amide bonds. The highest BCUT2D eigenvalue weighted by atomic mass is 127. The minimum atomic E-state index is 0. The van der Waals surface area contributed by atoms with Crippen LogP contribution < -0.4 is 20.5 Å². The Balaban J connectivity index is 0.00000484. The Labute approximate surface area is 156 Å². The van der Waals surface area contributed by atoms with Crippen LogP contribution in [0.1, 0.15) is 26.3 Å². The second-order valence-corrected chi connectivity index (χ2v) is 4.98. The van der Waals surface area contributed by atoms with E-state index in [1.54, 1.807) is 0 Å². The fraction of sp³-hybridized carbons (Fsp3) is 0.471. The minimum absolute atomic E-state index is 0. The standard InChI is InChI=1S/C17H27N3O2.HI/c1-5-21-15-8-7-14(11-16(15)22-6-2)9-10-19-17(18)20-12-13(3)4;/h7-8,11H,3,5-6,9-10,12H2,1-2,4H3,(H3,18,19,20);1H. The summed E-state index contributed by atoms with van der Waals surface area (Å²) in [6.45, 7) is 12.1. The summed E-state index contributed by atoms with van der Waals surface area (Å²) in [6, 6.07) is 6.00. The Kier molecular flexibility index (Phi) is 11.3. The molecule has 0 unspecified atom stereocenters. The molecule has 6 heteroatoms. The first-order chi connectivity index (χ1) is 10.6. The van der Waals surface area contributed by atoms with Crippen molar-refractivity contribution in [2.24, 2.45) is 10.7 Å². The molecule has 1 aromatic carbocycles. The lowest BCUT2D eigenvalue weighted by Crippen LogP contribution is -2.33. The molecular weight excluding hydrogens is 405 g/mol. The Morgan fingerprint density at radius 3 is 2.48 bits per heavy atom. The maximum absolute atomic E-state index is 5.78. The highest BCUT2D eigenvalue weighted by molar-refractivity contribution is 14.0. The summed E-state index contributed by atoms with van der Waals surface area (Å²) < 4.78 is 11.2. The van der Waals surface area contributed by atoms with Gasteiger partial charge in [0.2, 0.25) is 0 Å². The van der Waals surface area contributed by atoms with Gasteiger partial charge in [-0.3, -0.25) is 0 Å². The fourth-order valence-corrected chi connectivity index (χ4v) is 1.86. The van der Waals surface area contributed by atoms with E-state index < -0.39 is 0 Å². The van der Waals surface area contributed by atoms with Crippen molar-refractivity contribution in [3.05, 3.63) is 35.9 Å². The largest absolute Gasteiger partial charge is 0.490 e. The van der Waals surface area contributed by atoms with Crippen molar-refractivity contribution in [1.82, 2.24) is 5.32 Å². The molecule has 0 atom stereocenters. The summed E-state index contributed by atoms with van der Waals surface area (Å²) in [5, 5.41) is 3.09. The number of nitrogens with two attached hydrogens (primary N) is 1. The monoisotopic (exact) mass is 433 g/mol. The van der Waals surface area contributed by atoms with Crippen molar-refractivity contribution in [2.75, 3.05) is 26.3 Å². The molecule has 0 radical (unpaired) electrons. The predicted octanol–water partition coefficient (Wildman–Crippen LogP) is 3.12. The summed E-state index contributed by atoms with van der Waals surface area (Å²) in [6.07, 6.45) is 0.829. The van der Waals surface area contributed by atoms with Crippen LogP contribution in [0.4, 0.5) is 0 Å². The molecule has 130 valence electrons. The van der Waals surface area contributed by atoms with Gasteiger partial charge in [0.15, 0.2) is 17.5 Å². The molecule has 0 fully saturated rings. The van der Waals surface area contributed by atoms with Gasteiger partial charge in [-0.25, -0.2) is 4.99 Å². The number of rotatable bonds is 9. The second-order valence-electron chi connectivity index (χ2n) is 4.98. The lowest BCUT2D eigenvalue weighted by atomic mass is 10.1. The summed E-state index contributed by atoms with van der Waals surface area (Å²) in [5.74, 6) is 2.01. The summed E-state index contributed by atoms with van der Waals surface area (Å²) in [5.41, 5.74) is 7.92. The molecule has 0 aliphatic rings. The van der Waals surface area contributed by atoms with Gasteiger partial charge in [-0.1, -0.05) is 18.2 Å². The number of guanidine groups is 1. The van der Waals surface area contributed by atoms with E-state index >= 15 is 0 Å². The third-order valence-corrected chi connectivity index (χ3v) is 2.85. The van der Waals surface area contributed by atoms with E-state index in [-0.39, 0.29) is 24.0 Å². The topological polar surface area (TPSA) is 68.9 Å². The van der Waals surface area contributed by atoms with Gasteiger partial charge in [-0.2, -0.15) is 0 Å². The molecule has 0 aliphatic heterocycles. The number of nitrogens with zero attached hydrogens (tertiary/aromatic N) is 1. The van der Waals surface area contributed by atoms with Crippen molar-refractivity contribution in [1.29, 1.82) is 0 Å². The first-order valence-electron chi connectivity index (χ1n) is 7.63. The molecule has 0 heterocycles. The zero-order valence-electron chi connectivity index (χ0n) is 14.2. The zero-order chi connectivity index (χ0) is 16.4. The van der Waals surface area contributed by atoms with E-state index in [2.05, 4.69) is 16.9 Å². The number of halogens is 1. The number of ether oxygens (including phenoxy) is 2. The van der Waals surface area contributed by atoms with Crippen LogP contribution in [-0.2, 0) is 6.42 Å². The van der Waals surface area contributed by atoms with Crippen LogP contribution in [0.2, 0.25) is 0 Å². The molecule has 1 rings (SSSR count). The first-order valence-corrected chi connectivity index (χ1v) is 7.63. The third-order valence-electron chi connectivity index (χ3n) is 2.85. The molecule has 0 saturated heterocycles. The molecule has 1 aromatic rings. The highest BCUT2D eigenvalue weighted by Crippen LogP contribution is 2.28. The van der Waals surface area contributed by atoms with E-state index in [0.29, 0.717) is 32.3 Å². The SMILES string of the molecule is C=C(C)CN=C(N)NCCc1ccc(OCC)c(OCC)c1.I. The number of hydrogen-bond donors (Lipinski definition) is 2. The van der Waals surface area contributed by atoms with E-state index in [1.165, 1.54) is 0 Å². The van der Waals surface area contributed by atoms with Crippen LogP contribution >= 0.6 is 24.0 Å². The van der Waals surface area contributed by atoms with Crippen LogP contribution in [0.25, 0.3) is 0 Å². The molecule has 0 aliphatic carbocycles. The van der Waals surface area contributed by atoms with Crippen molar-refractivity contribution >= 4 is 29.9 Å². The van der Waals surface area contributed by atoms with Gasteiger partial charge < -0.3 is 20.5 Å². The third kappa shape index (κ3) is 8.68. The molecule has 0 spiro atoms. The molecule has 0 saturated carbocycles. The normalized spacial score (nSPS) is 10.7. The molecule has 0 bridgehead atoms. The van der Waals surface area contributed by atoms with Gasteiger partial charge >= 0.3 is 0 Å². The average Bonchev–Trinajstić information content (AvgIpc) is 2.48. The number of nitrogens with one attached hydrogen (secondary N) is 1. The average molecular weight is 433 g/mol. The maximum Gasteiger partial charge on any atom is 0.188 e. The van der Waals surface area contributed by atoms with Gasteiger partial charge in [-0.15, -0.1) is 24.0 Å². The Morgan fingerprint density at radius 2 is 1.87 bits per heavy atom. The Bertz CT molecular complexity index is 519. The van der Waals surface area contributed by atoms with E-state index in [0.717, 1.165) is 29.1 Å². The first kappa shape index (κ1) is 21.6. The summed E-state index contributed by atoms with van der Waals surface area (Å²) in [7, 11) is 0. The summed E-state index contributed by atoms with van der Waals surface area (Å²) in [4.78, 5) is 4.18. The summed E-state index contributed by atoms with van der Waals surface area (Å²) >= 11 is 0. The zero-order valence-corrected chi connectivity index (χ0v) is 16.6. The predicted molar refractivity (Wildman–Crippen MR) is 107 cm³/mol. The number of aliphatic imine (C=N–C) groups is 1. The molecule has 23 heavy (non-hydrogen) atoms. The lowest BCUT2D eigenvalue weighted by molar-refractivity contribution is 0.287. The smallest absolute Gasteiger partial charge is 0.188 e. The molecule has 3 N–H and O–H groups in total. The van der Waals surface area contributed by atoms with Gasteiger partial charge in [0, 0.05) is 6.54 Å². The Hall–Kier alpha value is -1.44. The van der Waals surface area contributed by atoms with Gasteiger partial charge in [0.05, 0.1) is 19.8 Å². The van der Waals surface area contributed by atoms with Crippen molar-refractivity contribution < 1.29 is 9.47 Å². The van der Waals surface area contributed by atoms with E-state index in [9.17, 15) is 0 Å². The number of benzene rings is 1. The molecular formula is C17H28IN3O2. The van der Waals surface area contributed by atoms with E-state index in [1.807, 2.05) is 39.0 Å². The van der Waals surface area contributed by atoms with Crippen LogP contribution in [0.3, 0.4) is 0 Å². The van der Waals surface area contributed by atoms with Gasteiger partial charge in [0.25, 0.3) is 0 Å². The van der Waals surface area contributed by atoms with Crippen LogP contribution in [0.5, 0.6) is 11.5 Å². The van der Waals surface area contributed by atoms with Gasteiger partial charge in [0.1, 0.15) is 0 Å². The number of hydrogen-bond acceptors (Lipinski definition) is 3. The van der Waals surface area contributed by atoms with Crippen molar-refractivity contribution in [2.45, 2.75) is 27.2 Å². The molecule has 5 nitrogen and oxygen atoms in total. The van der Waals surface area contributed by atoms with Crippen LogP contribution in [-0.4, -0.2) is 32.3 Å². The quantitative estimate of drug-likeness (QED) is 0.272. The fourth-order valence-electron chi connectivity index (χ4n) is 1.86. The second kappa shape index (κ2) is 12.0. The lowest BCUT2D eigenvalue weighted by Gasteiger charge is -2.12. The Morgan fingerprint density at radius 1 is 1.22 bits per heavy atom.